The molecule has 0 radical (unpaired) electrons. The van der Waals surface area contributed by atoms with Gasteiger partial charge in [0.15, 0.2) is 0 Å². The molecule has 0 atom stereocenters. The molecular formula is C18H22N2O3S. The quantitative estimate of drug-likeness (QED) is 0.856. The smallest absolute Gasteiger partial charge is 0.264 e. The van der Waals surface area contributed by atoms with Crippen molar-refractivity contribution in [2.75, 3.05) is 26.2 Å². The lowest BCUT2D eigenvalue weighted by Crippen LogP contribution is -2.36. The number of furan rings is 1. The van der Waals surface area contributed by atoms with Gasteiger partial charge in [-0.25, -0.2) is 0 Å². The standard InChI is InChI=1S/C18H22N2O3S/c1-3-17(21)19-9-4-10-20(12-11-19)18(22)16-8-7-15(24-16)14-6-5-13(2)23-14/h5-8H,3-4,9-12H2,1-2H3. The highest BCUT2D eigenvalue weighted by Gasteiger charge is 2.23. The molecule has 0 saturated carbocycles. The van der Waals surface area contributed by atoms with E-state index in [0.717, 1.165) is 29.4 Å². The average Bonchev–Trinajstić information content (AvgIpc) is 3.16. The maximum atomic E-state index is 12.8. The SMILES string of the molecule is CCC(=O)N1CCCN(C(=O)c2ccc(-c3ccc(C)o3)s2)CC1. The van der Waals surface area contributed by atoms with Crippen LogP contribution in [-0.2, 0) is 4.79 Å². The Morgan fingerprint density at radius 1 is 1.08 bits per heavy atom. The second kappa shape index (κ2) is 7.21. The second-order valence-corrected chi connectivity index (χ2v) is 7.04. The molecule has 24 heavy (non-hydrogen) atoms. The molecule has 1 fully saturated rings. The van der Waals surface area contributed by atoms with Gasteiger partial charge in [-0.3, -0.25) is 9.59 Å². The summed E-state index contributed by atoms with van der Waals surface area (Å²) in [6, 6.07) is 7.64. The Kier molecular flexibility index (Phi) is 5.04. The summed E-state index contributed by atoms with van der Waals surface area (Å²) in [6.45, 7) is 6.42. The summed E-state index contributed by atoms with van der Waals surface area (Å²) in [4.78, 5) is 30.0. The molecule has 1 saturated heterocycles. The summed E-state index contributed by atoms with van der Waals surface area (Å²) >= 11 is 1.45. The van der Waals surface area contributed by atoms with E-state index in [-0.39, 0.29) is 11.8 Å². The molecule has 2 aromatic rings. The van der Waals surface area contributed by atoms with Gasteiger partial charge in [-0.2, -0.15) is 0 Å². The van der Waals surface area contributed by atoms with E-state index < -0.39 is 0 Å². The molecule has 0 N–H and O–H groups in total. The maximum Gasteiger partial charge on any atom is 0.264 e. The Morgan fingerprint density at radius 3 is 2.54 bits per heavy atom. The third kappa shape index (κ3) is 3.53. The molecule has 0 bridgehead atoms. The highest BCUT2D eigenvalue weighted by molar-refractivity contribution is 7.17. The van der Waals surface area contributed by atoms with Gasteiger partial charge >= 0.3 is 0 Å². The van der Waals surface area contributed by atoms with Crippen LogP contribution in [0.2, 0.25) is 0 Å². The third-order valence-electron chi connectivity index (χ3n) is 4.24. The van der Waals surface area contributed by atoms with Gasteiger partial charge in [0.05, 0.1) is 9.75 Å². The van der Waals surface area contributed by atoms with Crippen LogP contribution in [0.3, 0.4) is 0 Å². The topological polar surface area (TPSA) is 53.8 Å². The number of carbonyl (C=O) groups excluding carboxylic acids is 2. The van der Waals surface area contributed by atoms with Crippen LogP contribution in [0.1, 0.15) is 35.2 Å². The molecule has 3 rings (SSSR count). The monoisotopic (exact) mass is 346 g/mol. The Morgan fingerprint density at radius 2 is 1.83 bits per heavy atom. The van der Waals surface area contributed by atoms with Crippen molar-refractivity contribution < 1.29 is 14.0 Å². The lowest BCUT2D eigenvalue weighted by Gasteiger charge is -2.21. The normalized spacial score (nSPS) is 15.4. The van der Waals surface area contributed by atoms with E-state index in [9.17, 15) is 9.59 Å². The lowest BCUT2D eigenvalue weighted by molar-refractivity contribution is -0.130. The van der Waals surface area contributed by atoms with Gasteiger partial charge < -0.3 is 14.2 Å². The van der Waals surface area contributed by atoms with Crippen molar-refractivity contribution in [3.8, 4) is 10.6 Å². The number of nitrogens with zero attached hydrogens (tertiary/aromatic N) is 2. The van der Waals surface area contributed by atoms with E-state index in [0.29, 0.717) is 30.9 Å². The zero-order chi connectivity index (χ0) is 17.1. The van der Waals surface area contributed by atoms with Crippen LogP contribution >= 0.6 is 11.3 Å². The molecule has 2 amide bonds. The molecule has 0 aromatic carbocycles. The number of carbonyl (C=O) groups is 2. The number of amides is 2. The fraction of sp³-hybridized carbons (Fsp3) is 0.444. The van der Waals surface area contributed by atoms with E-state index in [1.54, 1.807) is 0 Å². The van der Waals surface area contributed by atoms with Crippen molar-refractivity contribution in [1.82, 2.24) is 9.80 Å². The minimum Gasteiger partial charge on any atom is -0.461 e. The van der Waals surface area contributed by atoms with Gasteiger partial charge in [-0.1, -0.05) is 6.92 Å². The van der Waals surface area contributed by atoms with E-state index in [4.69, 9.17) is 4.42 Å². The van der Waals surface area contributed by atoms with Gasteiger partial charge in [0.1, 0.15) is 11.5 Å². The molecule has 5 nitrogen and oxygen atoms in total. The van der Waals surface area contributed by atoms with Crippen molar-refractivity contribution in [1.29, 1.82) is 0 Å². The third-order valence-corrected chi connectivity index (χ3v) is 5.33. The molecule has 1 aliphatic rings. The van der Waals surface area contributed by atoms with Crippen molar-refractivity contribution in [2.45, 2.75) is 26.7 Å². The highest BCUT2D eigenvalue weighted by atomic mass is 32.1. The summed E-state index contributed by atoms with van der Waals surface area (Å²) in [5.74, 6) is 1.86. The largest absolute Gasteiger partial charge is 0.461 e. The van der Waals surface area contributed by atoms with Crippen molar-refractivity contribution in [3.63, 3.8) is 0 Å². The predicted octanol–water partition coefficient (Wildman–Crippen LogP) is 3.40. The Hall–Kier alpha value is -2.08. The van der Waals surface area contributed by atoms with Crippen LogP contribution in [0.4, 0.5) is 0 Å². The van der Waals surface area contributed by atoms with Crippen LogP contribution in [0.15, 0.2) is 28.7 Å². The van der Waals surface area contributed by atoms with Crippen LogP contribution < -0.4 is 0 Å². The van der Waals surface area contributed by atoms with Gasteiger partial charge in [0.2, 0.25) is 5.91 Å². The minimum absolute atomic E-state index is 0.0420. The number of hydrogen-bond donors (Lipinski definition) is 0. The molecule has 128 valence electrons. The Labute approximate surface area is 145 Å². The van der Waals surface area contributed by atoms with E-state index in [2.05, 4.69) is 0 Å². The number of thiophene rings is 1. The summed E-state index contributed by atoms with van der Waals surface area (Å²) in [7, 11) is 0. The first kappa shape index (κ1) is 16.8. The summed E-state index contributed by atoms with van der Waals surface area (Å²) in [5, 5.41) is 0. The maximum absolute atomic E-state index is 12.8. The summed E-state index contributed by atoms with van der Waals surface area (Å²) in [5.41, 5.74) is 0. The fourth-order valence-corrected chi connectivity index (χ4v) is 3.84. The molecule has 2 aromatic heterocycles. The van der Waals surface area contributed by atoms with Gasteiger partial charge in [0.25, 0.3) is 5.91 Å². The Balaban J connectivity index is 1.68. The molecule has 0 aliphatic carbocycles. The molecule has 0 unspecified atom stereocenters. The van der Waals surface area contributed by atoms with Crippen LogP contribution in [-0.4, -0.2) is 47.8 Å². The fourth-order valence-electron chi connectivity index (χ4n) is 2.90. The summed E-state index contributed by atoms with van der Waals surface area (Å²) < 4.78 is 5.62. The van der Waals surface area contributed by atoms with Crippen molar-refractivity contribution in [3.05, 3.63) is 34.9 Å². The van der Waals surface area contributed by atoms with Crippen molar-refractivity contribution in [2.24, 2.45) is 0 Å². The second-order valence-electron chi connectivity index (χ2n) is 5.95. The number of aryl methyl sites for hydroxylation is 1. The Bertz CT molecular complexity index is 734. The van der Waals surface area contributed by atoms with E-state index >= 15 is 0 Å². The minimum atomic E-state index is 0.0420. The van der Waals surface area contributed by atoms with E-state index in [1.807, 2.05) is 47.9 Å². The zero-order valence-corrected chi connectivity index (χ0v) is 14.9. The summed E-state index contributed by atoms with van der Waals surface area (Å²) in [6.07, 6.45) is 1.35. The lowest BCUT2D eigenvalue weighted by atomic mass is 10.3. The highest BCUT2D eigenvalue weighted by Crippen LogP contribution is 2.30. The first-order valence-electron chi connectivity index (χ1n) is 8.32. The predicted molar refractivity (Wildman–Crippen MR) is 94.1 cm³/mol. The first-order chi connectivity index (χ1) is 11.6. The average molecular weight is 346 g/mol. The molecule has 3 heterocycles. The number of rotatable bonds is 3. The van der Waals surface area contributed by atoms with Crippen LogP contribution in [0.5, 0.6) is 0 Å². The molecule has 0 spiro atoms. The van der Waals surface area contributed by atoms with Crippen LogP contribution in [0, 0.1) is 6.92 Å². The van der Waals surface area contributed by atoms with Crippen LogP contribution in [0.25, 0.3) is 10.6 Å². The molecular weight excluding hydrogens is 324 g/mol. The number of hydrogen-bond acceptors (Lipinski definition) is 4. The van der Waals surface area contributed by atoms with Crippen molar-refractivity contribution >= 4 is 23.2 Å². The van der Waals surface area contributed by atoms with Gasteiger partial charge in [0, 0.05) is 32.6 Å². The zero-order valence-electron chi connectivity index (χ0n) is 14.1. The first-order valence-corrected chi connectivity index (χ1v) is 9.14. The molecule has 1 aliphatic heterocycles. The molecule has 6 heteroatoms. The van der Waals surface area contributed by atoms with E-state index in [1.165, 1.54) is 11.3 Å². The van der Waals surface area contributed by atoms with Gasteiger partial charge in [-0.15, -0.1) is 11.3 Å². The van der Waals surface area contributed by atoms with Gasteiger partial charge in [-0.05, 0) is 37.6 Å².